The van der Waals surface area contributed by atoms with Crippen molar-refractivity contribution >= 4 is 35.7 Å². The number of aryl methyl sites for hydroxylation is 2. The van der Waals surface area contributed by atoms with Gasteiger partial charge >= 0.3 is 29.1 Å². The zero-order chi connectivity index (χ0) is 33.8. The molecule has 0 spiro atoms. The summed E-state index contributed by atoms with van der Waals surface area (Å²) in [5.41, 5.74) is -1.25. The van der Waals surface area contributed by atoms with Gasteiger partial charge in [-0.15, -0.1) is 0 Å². The van der Waals surface area contributed by atoms with Gasteiger partial charge in [-0.2, -0.15) is 26.3 Å². The van der Waals surface area contributed by atoms with Crippen molar-refractivity contribution < 1.29 is 73.1 Å². The van der Waals surface area contributed by atoms with Gasteiger partial charge in [-0.3, -0.25) is 9.98 Å². The van der Waals surface area contributed by atoms with Gasteiger partial charge in [-0.1, -0.05) is 19.9 Å². The third kappa shape index (κ3) is 13.9. The number of carbonyl (C=O) groups excluding carboxylic acids is 2. The van der Waals surface area contributed by atoms with Crippen LogP contribution in [-0.4, -0.2) is 34.6 Å². The van der Waals surface area contributed by atoms with Crippen LogP contribution in [0.5, 0.6) is 11.5 Å². The molecule has 0 saturated carbocycles. The number of benzene rings is 3. The molecule has 0 aliphatic heterocycles. The standard InChI is InChI=1S/C26H22F6N2O2.2C2H4O2.Co/c1-3-15-8-19(25(27,28)29)10-17(23(15)35)13-33-21-6-5-7-22(12-21)34-14-18-11-20(26(30,31)32)9-16(4-2)24(18)36;2*1-2(3)4;/h5-14,35-36H,3-4H2,1-2H3;2*1H3,(H,3,4);/q;;;+2/p-2. The third-order valence-corrected chi connectivity index (χ3v) is 5.39. The molecule has 8 nitrogen and oxygen atoms in total. The SMILES string of the molecule is CC(=O)[O-].CC(=O)[O-].CCc1cc(C(F)(F)F)cc(C=Nc2cccc(N=Cc3cc(C(F)(F)F)cc(CC)c3O)c2)c1O.[Co+2]. The molecule has 15 heteroatoms. The second-order valence-corrected chi connectivity index (χ2v) is 8.87. The molecule has 3 rings (SSSR count). The number of aromatic hydroxyl groups is 2. The molecule has 0 aliphatic rings. The first-order chi connectivity index (χ1) is 20.3. The number of halogens is 6. The number of carboxylic acids is 2. The Morgan fingerprint density at radius 2 is 1.02 bits per heavy atom. The topological polar surface area (TPSA) is 145 Å². The molecule has 1 radical (unpaired) electrons. The van der Waals surface area contributed by atoms with E-state index in [1.165, 1.54) is 18.2 Å². The van der Waals surface area contributed by atoms with E-state index >= 15 is 0 Å². The van der Waals surface area contributed by atoms with E-state index in [4.69, 9.17) is 19.8 Å². The van der Waals surface area contributed by atoms with Crippen molar-refractivity contribution in [1.29, 1.82) is 0 Å². The van der Waals surface area contributed by atoms with Crippen LogP contribution >= 0.6 is 0 Å². The van der Waals surface area contributed by atoms with Gasteiger partial charge in [0.1, 0.15) is 11.5 Å². The van der Waals surface area contributed by atoms with Crippen LogP contribution in [0.3, 0.4) is 0 Å². The first kappa shape index (κ1) is 40.6. The van der Waals surface area contributed by atoms with Crippen molar-refractivity contribution in [3.05, 3.63) is 81.9 Å². The number of phenolic OH excluding ortho intramolecular Hbond substituents is 2. The first-order valence-electron chi connectivity index (χ1n) is 12.7. The van der Waals surface area contributed by atoms with Gasteiger partial charge in [0.15, 0.2) is 0 Å². The molecule has 0 aromatic heterocycles. The van der Waals surface area contributed by atoms with Crippen LogP contribution in [0.2, 0.25) is 0 Å². The number of hydrogen-bond donors (Lipinski definition) is 2. The molecule has 45 heavy (non-hydrogen) atoms. The molecule has 0 aliphatic carbocycles. The fourth-order valence-electron chi connectivity index (χ4n) is 3.44. The molecule has 0 fully saturated rings. The largest absolute Gasteiger partial charge is 2.00 e. The van der Waals surface area contributed by atoms with Crippen molar-refractivity contribution in [2.75, 3.05) is 0 Å². The Kier molecular flexibility index (Phi) is 16.1. The van der Waals surface area contributed by atoms with Gasteiger partial charge in [0.2, 0.25) is 0 Å². The normalized spacial score (nSPS) is 11.2. The quantitative estimate of drug-likeness (QED) is 0.267. The summed E-state index contributed by atoms with van der Waals surface area (Å²) in [6.07, 6.45) is -6.63. The average molecular weight is 685 g/mol. The summed E-state index contributed by atoms with van der Waals surface area (Å²) < 4.78 is 79.2. The summed E-state index contributed by atoms with van der Waals surface area (Å²) >= 11 is 0. The average Bonchev–Trinajstić information content (AvgIpc) is 2.90. The van der Waals surface area contributed by atoms with E-state index in [1.807, 2.05) is 0 Å². The van der Waals surface area contributed by atoms with Crippen molar-refractivity contribution in [2.45, 2.75) is 52.9 Å². The van der Waals surface area contributed by atoms with E-state index in [1.54, 1.807) is 19.9 Å². The Bertz CT molecular complexity index is 1410. The molecular formula is C30H28CoF6N2O6. The van der Waals surface area contributed by atoms with E-state index in [9.17, 15) is 36.6 Å². The maximum atomic E-state index is 13.2. The maximum Gasteiger partial charge on any atom is 2.00 e. The summed E-state index contributed by atoms with van der Waals surface area (Å²) in [6, 6.07) is 9.43. The molecule has 2 N–H and O–H groups in total. The number of rotatable bonds is 6. The third-order valence-electron chi connectivity index (χ3n) is 5.39. The van der Waals surface area contributed by atoms with Gasteiger partial charge in [0.05, 0.1) is 22.5 Å². The minimum atomic E-state index is -4.60. The molecule has 3 aromatic rings. The number of phenols is 2. The van der Waals surface area contributed by atoms with Gasteiger partial charge in [-0.05, 0) is 80.3 Å². The zero-order valence-corrected chi connectivity index (χ0v) is 25.3. The van der Waals surface area contributed by atoms with Crippen LogP contribution in [0, 0.1) is 0 Å². The number of nitrogens with zero attached hydrogens (tertiary/aromatic N) is 2. The molecule has 3 aromatic carbocycles. The summed E-state index contributed by atoms with van der Waals surface area (Å²) in [5.74, 6) is -2.79. The van der Waals surface area contributed by atoms with Crippen LogP contribution < -0.4 is 10.2 Å². The fraction of sp³-hybridized carbons (Fsp3) is 0.267. The smallest absolute Gasteiger partial charge is 0.550 e. The Hall–Kier alpha value is -4.37. The van der Waals surface area contributed by atoms with E-state index in [-0.39, 0.29) is 74.7 Å². The number of alkyl halides is 6. The number of aliphatic imine (C=N–C) groups is 2. The molecule has 0 saturated heterocycles. The second kappa shape index (κ2) is 17.8. The predicted octanol–water partition coefficient (Wildman–Crippen LogP) is 5.27. The maximum absolute atomic E-state index is 13.2. The Morgan fingerprint density at radius 3 is 1.29 bits per heavy atom. The molecule has 0 amide bonds. The molecule has 0 bridgehead atoms. The van der Waals surface area contributed by atoms with Crippen LogP contribution in [0.1, 0.15) is 61.1 Å². The molecule has 0 heterocycles. The summed E-state index contributed by atoms with van der Waals surface area (Å²) in [4.78, 5) is 26.0. The first-order valence-corrected chi connectivity index (χ1v) is 12.7. The van der Waals surface area contributed by atoms with Crippen LogP contribution in [0.4, 0.5) is 37.7 Å². The van der Waals surface area contributed by atoms with E-state index in [0.717, 1.165) is 50.5 Å². The Balaban J connectivity index is 0.00000192. The van der Waals surface area contributed by atoms with E-state index in [0.29, 0.717) is 0 Å². The van der Waals surface area contributed by atoms with Crippen LogP contribution in [0.15, 0.2) is 58.5 Å². The predicted molar refractivity (Wildman–Crippen MR) is 147 cm³/mol. The number of hydrogen-bond acceptors (Lipinski definition) is 8. The van der Waals surface area contributed by atoms with Crippen molar-refractivity contribution in [1.82, 2.24) is 0 Å². The fourth-order valence-corrected chi connectivity index (χ4v) is 3.44. The molecular weight excluding hydrogens is 657 g/mol. The van der Waals surface area contributed by atoms with Gasteiger partial charge < -0.3 is 30.0 Å². The van der Waals surface area contributed by atoms with Gasteiger partial charge in [-0.25, -0.2) is 0 Å². The second-order valence-electron chi connectivity index (χ2n) is 8.87. The molecule has 245 valence electrons. The van der Waals surface area contributed by atoms with Crippen molar-refractivity contribution in [3.63, 3.8) is 0 Å². The molecule has 0 atom stereocenters. The number of carbonyl (C=O) groups is 2. The van der Waals surface area contributed by atoms with Gasteiger partial charge in [0.25, 0.3) is 0 Å². The summed E-state index contributed by atoms with van der Waals surface area (Å²) in [5, 5.41) is 38.3. The van der Waals surface area contributed by atoms with Crippen LogP contribution in [0.25, 0.3) is 0 Å². The van der Waals surface area contributed by atoms with Crippen LogP contribution in [-0.2, 0) is 51.6 Å². The van der Waals surface area contributed by atoms with Crippen molar-refractivity contribution in [3.8, 4) is 11.5 Å². The zero-order valence-electron chi connectivity index (χ0n) is 24.2. The number of aliphatic carboxylic acids is 2. The minimum Gasteiger partial charge on any atom is -0.550 e. The summed E-state index contributed by atoms with van der Waals surface area (Å²) in [6.45, 7) is 5.17. The Labute approximate surface area is 265 Å². The summed E-state index contributed by atoms with van der Waals surface area (Å²) in [7, 11) is 0. The Morgan fingerprint density at radius 1 is 0.711 bits per heavy atom. The molecule has 0 unspecified atom stereocenters. The van der Waals surface area contributed by atoms with E-state index < -0.39 is 35.4 Å². The monoisotopic (exact) mass is 685 g/mol. The minimum absolute atomic E-state index is 0. The van der Waals surface area contributed by atoms with Crippen molar-refractivity contribution in [2.24, 2.45) is 9.98 Å². The number of carboxylic acid groups (broad SMARTS) is 2. The van der Waals surface area contributed by atoms with E-state index in [2.05, 4.69) is 9.98 Å². The van der Waals surface area contributed by atoms with Gasteiger partial charge in [0, 0.05) is 35.5 Å².